The van der Waals surface area contributed by atoms with Crippen LogP contribution in [0.1, 0.15) is 28.7 Å². The number of amides is 1. The Kier molecular flexibility index (Phi) is 5.75. The first-order chi connectivity index (χ1) is 10.8. The van der Waals surface area contributed by atoms with Crippen LogP contribution in [0.5, 0.6) is 5.75 Å². The molecule has 0 spiro atoms. The SMILES string of the molecule is Cl.Cl.O=C1NCCN2C[C@@H](c3ccccc3)c3c(O)cccc3[C@@H]12. The van der Waals surface area contributed by atoms with Crippen molar-refractivity contribution in [1.82, 2.24) is 10.2 Å². The Morgan fingerprint density at radius 3 is 2.54 bits per heavy atom. The molecular weight excluding hydrogens is 347 g/mol. The normalized spacial score (nSPS) is 22.2. The molecule has 2 aliphatic heterocycles. The summed E-state index contributed by atoms with van der Waals surface area (Å²) in [6.07, 6.45) is 0. The summed E-state index contributed by atoms with van der Waals surface area (Å²) >= 11 is 0. The number of nitrogens with one attached hydrogen (secondary N) is 1. The fourth-order valence-electron chi connectivity index (χ4n) is 3.72. The maximum Gasteiger partial charge on any atom is 0.242 e. The van der Waals surface area contributed by atoms with Crippen molar-refractivity contribution in [3.05, 3.63) is 65.2 Å². The summed E-state index contributed by atoms with van der Waals surface area (Å²) in [5.41, 5.74) is 3.00. The number of aromatic hydroxyl groups is 1. The van der Waals surface area contributed by atoms with Gasteiger partial charge >= 0.3 is 0 Å². The molecule has 24 heavy (non-hydrogen) atoms. The van der Waals surface area contributed by atoms with E-state index >= 15 is 0 Å². The molecule has 6 heteroatoms. The fourth-order valence-corrected chi connectivity index (χ4v) is 3.72. The molecule has 0 aliphatic carbocycles. The van der Waals surface area contributed by atoms with Crippen molar-refractivity contribution >= 4 is 30.7 Å². The van der Waals surface area contributed by atoms with Gasteiger partial charge in [0, 0.05) is 31.1 Å². The Morgan fingerprint density at radius 1 is 1.04 bits per heavy atom. The number of halogens is 2. The molecule has 2 heterocycles. The summed E-state index contributed by atoms with van der Waals surface area (Å²) in [5.74, 6) is 0.411. The highest BCUT2D eigenvalue weighted by atomic mass is 35.5. The molecule has 0 unspecified atom stereocenters. The van der Waals surface area contributed by atoms with Gasteiger partial charge in [0.1, 0.15) is 11.8 Å². The lowest BCUT2D eigenvalue weighted by atomic mass is 9.80. The molecule has 1 saturated heterocycles. The molecule has 4 rings (SSSR count). The van der Waals surface area contributed by atoms with Crippen LogP contribution >= 0.6 is 24.8 Å². The first-order valence-corrected chi connectivity index (χ1v) is 7.64. The molecule has 0 aromatic heterocycles. The predicted octanol–water partition coefficient (Wildman–Crippen LogP) is 2.85. The van der Waals surface area contributed by atoms with Gasteiger partial charge in [0.05, 0.1) is 0 Å². The largest absolute Gasteiger partial charge is 0.508 e. The van der Waals surface area contributed by atoms with E-state index in [0.717, 1.165) is 24.2 Å². The Bertz CT molecular complexity index is 724. The van der Waals surface area contributed by atoms with Crippen LogP contribution in [0.15, 0.2) is 48.5 Å². The first-order valence-electron chi connectivity index (χ1n) is 7.64. The smallest absolute Gasteiger partial charge is 0.242 e. The van der Waals surface area contributed by atoms with E-state index in [1.54, 1.807) is 6.07 Å². The van der Waals surface area contributed by atoms with E-state index in [1.165, 1.54) is 5.56 Å². The fraction of sp³-hybridized carbons (Fsp3) is 0.278. The summed E-state index contributed by atoms with van der Waals surface area (Å²) in [6.45, 7) is 2.28. The number of phenolic OH excluding ortho intramolecular Hbond substituents is 1. The Balaban J connectivity index is 0.00000104. The van der Waals surface area contributed by atoms with E-state index in [1.807, 2.05) is 30.3 Å². The number of nitrogens with zero attached hydrogens (tertiary/aromatic N) is 1. The van der Waals surface area contributed by atoms with Gasteiger partial charge < -0.3 is 10.4 Å². The minimum absolute atomic E-state index is 0. The first kappa shape index (κ1) is 18.6. The summed E-state index contributed by atoms with van der Waals surface area (Å²) < 4.78 is 0. The van der Waals surface area contributed by atoms with Crippen LogP contribution in [0.4, 0.5) is 0 Å². The summed E-state index contributed by atoms with van der Waals surface area (Å²) in [6, 6.07) is 15.4. The Hall–Kier alpha value is -1.75. The summed E-state index contributed by atoms with van der Waals surface area (Å²) in [7, 11) is 0. The summed E-state index contributed by atoms with van der Waals surface area (Å²) in [5, 5.41) is 13.3. The third kappa shape index (κ3) is 2.97. The lowest BCUT2D eigenvalue weighted by Gasteiger charge is -2.43. The van der Waals surface area contributed by atoms with E-state index in [0.29, 0.717) is 6.54 Å². The van der Waals surface area contributed by atoms with Gasteiger partial charge in [0.2, 0.25) is 5.91 Å². The number of benzene rings is 2. The molecule has 0 bridgehead atoms. The van der Waals surface area contributed by atoms with Crippen molar-refractivity contribution < 1.29 is 9.90 Å². The van der Waals surface area contributed by atoms with Crippen LogP contribution in [-0.2, 0) is 4.79 Å². The molecule has 128 valence electrons. The van der Waals surface area contributed by atoms with Gasteiger partial charge in [-0.2, -0.15) is 0 Å². The number of piperazine rings is 1. The lowest BCUT2D eigenvalue weighted by molar-refractivity contribution is -0.129. The molecular formula is C18H20Cl2N2O2. The van der Waals surface area contributed by atoms with Crippen molar-refractivity contribution in [2.75, 3.05) is 19.6 Å². The van der Waals surface area contributed by atoms with Gasteiger partial charge in [-0.25, -0.2) is 0 Å². The number of carbonyl (C=O) groups is 1. The average Bonchev–Trinajstić information content (AvgIpc) is 2.55. The predicted molar refractivity (Wildman–Crippen MR) is 98.2 cm³/mol. The average molecular weight is 367 g/mol. The van der Waals surface area contributed by atoms with E-state index in [4.69, 9.17) is 0 Å². The molecule has 1 amide bonds. The monoisotopic (exact) mass is 366 g/mol. The minimum Gasteiger partial charge on any atom is -0.508 e. The second-order valence-corrected chi connectivity index (χ2v) is 5.93. The van der Waals surface area contributed by atoms with Crippen molar-refractivity contribution in [3.63, 3.8) is 0 Å². The molecule has 2 aromatic carbocycles. The molecule has 2 aliphatic rings. The highest BCUT2D eigenvalue weighted by Crippen LogP contribution is 2.43. The van der Waals surface area contributed by atoms with Crippen LogP contribution in [0.25, 0.3) is 0 Å². The molecule has 2 atom stereocenters. The van der Waals surface area contributed by atoms with E-state index in [-0.39, 0.29) is 48.4 Å². The Labute approximate surface area is 153 Å². The van der Waals surface area contributed by atoms with Gasteiger partial charge in [-0.05, 0) is 17.2 Å². The maximum absolute atomic E-state index is 12.3. The molecule has 2 N–H and O–H groups in total. The molecule has 1 fully saturated rings. The van der Waals surface area contributed by atoms with Crippen molar-refractivity contribution in [2.45, 2.75) is 12.0 Å². The zero-order chi connectivity index (χ0) is 15.1. The molecule has 2 aromatic rings. The molecule has 4 nitrogen and oxygen atoms in total. The van der Waals surface area contributed by atoms with Crippen LogP contribution in [0, 0.1) is 0 Å². The lowest BCUT2D eigenvalue weighted by Crippen LogP contribution is -2.53. The number of carbonyl (C=O) groups excluding carboxylic acids is 1. The van der Waals surface area contributed by atoms with Crippen LogP contribution in [0.2, 0.25) is 0 Å². The highest BCUT2D eigenvalue weighted by molar-refractivity contribution is 5.86. The second kappa shape index (κ2) is 7.43. The van der Waals surface area contributed by atoms with Gasteiger partial charge in [0.15, 0.2) is 0 Å². The van der Waals surface area contributed by atoms with Crippen LogP contribution in [0.3, 0.4) is 0 Å². The van der Waals surface area contributed by atoms with Gasteiger partial charge in [0.25, 0.3) is 0 Å². The number of rotatable bonds is 1. The maximum atomic E-state index is 12.3. The third-order valence-corrected chi connectivity index (χ3v) is 4.69. The number of hydrogen-bond acceptors (Lipinski definition) is 3. The zero-order valence-corrected chi connectivity index (χ0v) is 14.6. The van der Waals surface area contributed by atoms with Crippen molar-refractivity contribution in [3.8, 4) is 5.75 Å². The van der Waals surface area contributed by atoms with Gasteiger partial charge in [-0.3, -0.25) is 9.69 Å². The molecule has 0 saturated carbocycles. The van der Waals surface area contributed by atoms with E-state index in [2.05, 4.69) is 22.3 Å². The van der Waals surface area contributed by atoms with Crippen LogP contribution in [-0.4, -0.2) is 35.5 Å². The Morgan fingerprint density at radius 2 is 1.79 bits per heavy atom. The highest BCUT2D eigenvalue weighted by Gasteiger charge is 2.40. The van der Waals surface area contributed by atoms with Crippen LogP contribution < -0.4 is 5.32 Å². The van der Waals surface area contributed by atoms with Crippen molar-refractivity contribution in [1.29, 1.82) is 0 Å². The number of fused-ring (bicyclic) bond motifs is 3. The second-order valence-electron chi connectivity index (χ2n) is 5.93. The zero-order valence-electron chi connectivity index (χ0n) is 13.0. The number of hydrogen-bond donors (Lipinski definition) is 2. The van der Waals surface area contributed by atoms with E-state index in [9.17, 15) is 9.90 Å². The minimum atomic E-state index is -0.282. The number of phenols is 1. The topological polar surface area (TPSA) is 52.6 Å². The standard InChI is InChI=1S/C18H18N2O2.2ClH/c21-15-8-4-7-13-16(15)14(12-5-2-1-3-6-12)11-20-10-9-19-18(22)17(13)20;;/h1-8,14,17,21H,9-11H2,(H,19,22);2*1H/t14-,17-;;/m0../s1. The quantitative estimate of drug-likeness (QED) is 0.815. The molecule has 0 radical (unpaired) electrons. The third-order valence-electron chi connectivity index (χ3n) is 4.69. The van der Waals surface area contributed by atoms with Crippen molar-refractivity contribution in [2.24, 2.45) is 0 Å². The van der Waals surface area contributed by atoms with Gasteiger partial charge in [-0.15, -0.1) is 24.8 Å². The van der Waals surface area contributed by atoms with E-state index < -0.39 is 0 Å². The summed E-state index contributed by atoms with van der Waals surface area (Å²) in [4.78, 5) is 14.5. The van der Waals surface area contributed by atoms with Gasteiger partial charge in [-0.1, -0.05) is 42.5 Å².